The molecule has 1 aromatic rings. The third-order valence-corrected chi connectivity index (χ3v) is 4.54. The lowest BCUT2D eigenvalue weighted by atomic mass is 10.3. The van der Waals surface area contributed by atoms with Crippen LogP contribution in [-0.4, -0.2) is 72.5 Å². The summed E-state index contributed by atoms with van der Waals surface area (Å²) in [5, 5.41) is 4.55. The first-order chi connectivity index (χ1) is 10.8. The average molecular weight is 375 g/mol. The monoisotopic (exact) mass is 374 g/mol. The molecule has 2 rings (SSSR count). The summed E-state index contributed by atoms with van der Waals surface area (Å²) in [4.78, 5) is 18.1. The third-order valence-electron chi connectivity index (χ3n) is 3.69. The second-order valence-electron chi connectivity index (χ2n) is 5.63. The quantitative estimate of drug-likeness (QED) is 0.822. The highest BCUT2D eigenvalue weighted by Gasteiger charge is 2.20. The number of likely N-dealkylation sites (N-methyl/N-ethyl adjacent to an activating group) is 2. The second-order valence-corrected chi connectivity index (χ2v) is 6.89. The van der Waals surface area contributed by atoms with E-state index in [9.17, 15) is 4.79 Å². The van der Waals surface area contributed by atoms with Crippen LogP contribution in [-0.2, 0) is 4.79 Å². The van der Waals surface area contributed by atoms with Gasteiger partial charge in [0.1, 0.15) is 0 Å². The van der Waals surface area contributed by atoms with E-state index in [2.05, 4.69) is 17.3 Å². The predicted molar refractivity (Wildman–Crippen MR) is 99.4 cm³/mol. The number of carbonyl (C=O) groups excluding carboxylic acids is 1. The van der Waals surface area contributed by atoms with Crippen LogP contribution in [0.15, 0.2) is 18.2 Å². The van der Waals surface area contributed by atoms with Crippen LogP contribution in [0.3, 0.4) is 0 Å². The van der Waals surface area contributed by atoms with Crippen molar-refractivity contribution in [3.05, 3.63) is 28.2 Å². The molecule has 0 aromatic heterocycles. The number of benzene rings is 1. The van der Waals surface area contributed by atoms with Crippen LogP contribution in [0.1, 0.15) is 0 Å². The minimum atomic E-state index is 0.0777. The van der Waals surface area contributed by atoms with E-state index in [-0.39, 0.29) is 12.5 Å². The van der Waals surface area contributed by atoms with E-state index in [0.717, 1.165) is 26.2 Å². The number of nitrogens with one attached hydrogen (secondary N) is 1. The summed E-state index contributed by atoms with van der Waals surface area (Å²) < 4.78 is 0. The van der Waals surface area contributed by atoms with Gasteiger partial charge in [0.2, 0.25) is 5.91 Å². The second kappa shape index (κ2) is 8.15. The summed E-state index contributed by atoms with van der Waals surface area (Å²) in [5.41, 5.74) is 0.700. The maximum absolute atomic E-state index is 12.3. The highest BCUT2D eigenvalue weighted by atomic mass is 35.5. The summed E-state index contributed by atoms with van der Waals surface area (Å²) in [5.74, 6) is 0.0777. The Bertz CT molecular complexity index is 571. The summed E-state index contributed by atoms with van der Waals surface area (Å²) in [6.45, 7) is 3.56. The van der Waals surface area contributed by atoms with Crippen LogP contribution in [0.2, 0.25) is 10.0 Å². The van der Waals surface area contributed by atoms with Gasteiger partial charge in [-0.25, -0.2) is 0 Å². The topological polar surface area (TPSA) is 38.8 Å². The van der Waals surface area contributed by atoms with E-state index in [1.165, 1.54) is 0 Å². The number of amides is 1. The lowest BCUT2D eigenvalue weighted by Gasteiger charge is -2.33. The standard InChI is InChI=1S/C15H20Cl2N4OS/c1-19-3-5-21(6-4-19)14(22)10-20(2)15(23)18-13-8-11(16)7-12(17)9-13/h7-9H,3-6,10H2,1-2H3,(H,18,23). The van der Waals surface area contributed by atoms with Gasteiger partial charge >= 0.3 is 0 Å². The number of anilines is 1. The fraction of sp³-hybridized carbons (Fsp3) is 0.467. The van der Waals surface area contributed by atoms with Crippen LogP contribution < -0.4 is 5.32 Å². The Kier molecular flexibility index (Phi) is 6.47. The molecule has 1 amide bonds. The summed E-state index contributed by atoms with van der Waals surface area (Å²) in [6.07, 6.45) is 0. The molecule has 1 N–H and O–H groups in total. The van der Waals surface area contributed by atoms with Crippen molar-refractivity contribution in [3.63, 3.8) is 0 Å². The largest absolute Gasteiger partial charge is 0.343 e. The van der Waals surface area contributed by atoms with E-state index in [0.29, 0.717) is 20.8 Å². The number of nitrogens with zero attached hydrogens (tertiary/aromatic N) is 3. The van der Waals surface area contributed by atoms with Gasteiger partial charge in [0, 0.05) is 49.0 Å². The van der Waals surface area contributed by atoms with E-state index in [1.54, 1.807) is 30.1 Å². The molecule has 1 fully saturated rings. The van der Waals surface area contributed by atoms with Crippen molar-refractivity contribution in [3.8, 4) is 0 Å². The Morgan fingerprint density at radius 2 is 1.78 bits per heavy atom. The molecular weight excluding hydrogens is 355 g/mol. The Labute approximate surface area is 152 Å². The maximum atomic E-state index is 12.3. The fourth-order valence-corrected chi connectivity index (χ4v) is 2.98. The number of rotatable bonds is 3. The molecule has 8 heteroatoms. The van der Waals surface area contributed by atoms with E-state index < -0.39 is 0 Å². The fourth-order valence-electron chi connectivity index (χ4n) is 2.28. The van der Waals surface area contributed by atoms with Crippen molar-refractivity contribution in [1.82, 2.24) is 14.7 Å². The molecule has 1 aromatic carbocycles. The first kappa shape index (κ1) is 18.3. The van der Waals surface area contributed by atoms with E-state index >= 15 is 0 Å². The summed E-state index contributed by atoms with van der Waals surface area (Å²) >= 11 is 17.3. The molecule has 0 atom stereocenters. The molecule has 126 valence electrons. The molecular formula is C15H20Cl2N4OS. The molecule has 0 aliphatic carbocycles. The Hall–Kier alpha value is -1.08. The molecule has 1 heterocycles. The van der Waals surface area contributed by atoms with Gasteiger partial charge in [0.05, 0.1) is 6.54 Å². The Balaban J connectivity index is 1.88. The lowest BCUT2D eigenvalue weighted by Crippen LogP contribution is -2.50. The molecule has 0 radical (unpaired) electrons. The zero-order valence-corrected chi connectivity index (χ0v) is 15.5. The van der Waals surface area contributed by atoms with Crippen molar-refractivity contribution < 1.29 is 4.79 Å². The zero-order chi connectivity index (χ0) is 17.0. The van der Waals surface area contributed by atoms with Gasteiger partial charge in [-0.3, -0.25) is 4.79 Å². The normalized spacial score (nSPS) is 15.4. The molecule has 1 aliphatic rings. The maximum Gasteiger partial charge on any atom is 0.242 e. The number of hydrogen-bond donors (Lipinski definition) is 1. The van der Waals surface area contributed by atoms with Gasteiger partial charge in [-0.2, -0.15) is 0 Å². The van der Waals surface area contributed by atoms with Crippen molar-refractivity contribution in [2.45, 2.75) is 0 Å². The number of halogens is 2. The summed E-state index contributed by atoms with van der Waals surface area (Å²) in [7, 11) is 3.85. The SMILES string of the molecule is CN1CCN(C(=O)CN(C)C(=S)Nc2cc(Cl)cc(Cl)c2)CC1. The van der Waals surface area contributed by atoms with Gasteiger partial charge < -0.3 is 20.0 Å². The van der Waals surface area contributed by atoms with Crippen LogP contribution in [0.4, 0.5) is 5.69 Å². The Morgan fingerprint density at radius 1 is 1.22 bits per heavy atom. The van der Waals surface area contributed by atoms with E-state index in [1.807, 2.05) is 4.90 Å². The highest BCUT2D eigenvalue weighted by molar-refractivity contribution is 7.80. The molecule has 23 heavy (non-hydrogen) atoms. The Morgan fingerprint density at radius 3 is 2.35 bits per heavy atom. The molecule has 0 unspecified atom stereocenters. The van der Waals surface area contributed by atoms with Gasteiger partial charge in [0.25, 0.3) is 0 Å². The first-order valence-corrected chi connectivity index (χ1v) is 8.46. The highest BCUT2D eigenvalue weighted by Crippen LogP contribution is 2.22. The van der Waals surface area contributed by atoms with Crippen molar-refractivity contribution in [1.29, 1.82) is 0 Å². The molecule has 1 saturated heterocycles. The predicted octanol–water partition coefficient (Wildman–Crippen LogP) is 2.40. The minimum absolute atomic E-state index is 0.0777. The van der Waals surface area contributed by atoms with Crippen molar-refractivity contribution >= 4 is 52.1 Å². The number of carbonyl (C=O) groups is 1. The van der Waals surface area contributed by atoms with Crippen molar-refractivity contribution in [2.24, 2.45) is 0 Å². The van der Waals surface area contributed by atoms with Gasteiger partial charge in [0.15, 0.2) is 5.11 Å². The van der Waals surface area contributed by atoms with Gasteiger partial charge in [-0.1, -0.05) is 23.2 Å². The van der Waals surface area contributed by atoms with Crippen LogP contribution in [0.25, 0.3) is 0 Å². The molecule has 0 bridgehead atoms. The number of thiocarbonyl (C=S) groups is 1. The van der Waals surface area contributed by atoms with Gasteiger partial charge in [-0.05, 0) is 37.5 Å². The first-order valence-electron chi connectivity index (χ1n) is 7.29. The number of piperazine rings is 1. The van der Waals surface area contributed by atoms with Crippen LogP contribution >= 0.6 is 35.4 Å². The van der Waals surface area contributed by atoms with Crippen LogP contribution in [0, 0.1) is 0 Å². The molecule has 0 saturated carbocycles. The molecule has 1 aliphatic heterocycles. The minimum Gasteiger partial charge on any atom is -0.343 e. The smallest absolute Gasteiger partial charge is 0.242 e. The zero-order valence-electron chi connectivity index (χ0n) is 13.2. The third kappa shape index (κ3) is 5.49. The number of hydrogen-bond acceptors (Lipinski definition) is 3. The summed E-state index contributed by atoms with van der Waals surface area (Å²) in [6, 6.07) is 5.11. The van der Waals surface area contributed by atoms with Crippen molar-refractivity contribution in [2.75, 3.05) is 52.1 Å². The average Bonchev–Trinajstić information content (AvgIpc) is 2.46. The van der Waals surface area contributed by atoms with E-state index in [4.69, 9.17) is 35.4 Å². The molecule has 5 nitrogen and oxygen atoms in total. The van der Waals surface area contributed by atoms with Gasteiger partial charge in [-0.15, -0.1) is 0 Å². The molecule has 0 spiro atoms. The van der Waals surface area contributed by atoms with Crippen LogP contribution in [0.5, 0.6) is 0 Å². The lowest BCUT2D eigenvalue weighted by molar-refractivity contribution is -0.132.